The Kier molecular flexibility index (Phi) is 3.13. The Labute approximate surface area is 87.6 Å². The van der Waals surface area contributed by atoms with Gasteiger partial charge in [-0.15, -0.1) is 4.31 Å². The van der Waals surface area contributed by atoms with Gasteiger partial charge in [0.2, 0.25) is 0 Å². The monoisotopic (exact) mass is 219 g/mol. The van der Waals surface area contributed by atoms with Gasteiger partial charge in [-0.05, 0) is 27.2 Å². The molecule has 0 aliphatic carbocycles. The highest BCUT2D eigenvalue weighted by atomic mass is 32.2. The number of rotatable bonds is 3. The van der Waals surface area contributed by atoms with Crippen molar-refractivity contribution in [2.45, 2.75) is 50.9 Å². The van der Waals surface area contributed by atoms with Crippen LogP contribution >= 0.6 is 0 Å². The summed E-state index contributed by atoms with van der Waals surface area (Å²) in [7, 11) is 0. The molecule has 1 rings (SSSR count). The van der Waals surface area contributed by atoms with Gasteiger partial charge in [0.25, 0.3) is 0 Å². The predicted molar refractivity (Wildman–Crippen MR) is 55.2 cm³/mol. The lowest BCUT2D eigenvalue weighted by Gasteiger charge is -2.24. The van der Waals surface area contributed by atoms with Crippen LogP contribution in [-0.4, -0.2) is 36.8 Å². The summed E-state index contributed by atoms with van der Waals surface area (Å²) in [5.74, 6) is -0.866. The predicted octanol–water partition coefficient (Wildman–Crippen LogP) is 0.996. The zero-order valence-corrected chi connectivity index (χ0v) is 9.80. The van der Waals surface area contributed by atoms with Gasteiger partial charge >= 0.3 is 5.97 Å². The van der Waals surface area contributed by atoms with Crippen LogP contribution in [-0.2, 0) is 16.2 Å². The second kappa shape index (κ2) is 3.72. The van der Waals surface area contributed by atoms with Crippen LogP contribution in [0.2, 0.25) is 0 Å². The van der Waals surface area contributed by atoms with Crippen molar-refractivity contribution >= 4 is 17.3 Å². The number of hydrogen-bond acceptors (Lipinski definition) is 3. The fourth-order valence-corrected chi connectivity index (χ4v) is 3.00. The molecule has 1 saturated heterocycles. The number of hydrogen-bond donors (Lipinski definition) is 1. The largest absolute Gasteiger partial charge is 0.597 e. The van der Waals surface area contributed by atoms with E-state index in [4.69, 9.17) is 5.11 Å². The number of nitrogens with zero attached hydrogens (tertiary/aromatic N) is 1. The summed E-state index contributed by atoms with van der Waals surface area (Å²) >= 11 is -1.21. The van der Waals surface area contributed by atoms with Gasteiger partial charge in [0.05, 0.1) is 6.04 Å². The van der Waals surface area contributed by atoms with E-state index >= 15 is 0 Å². The molecule has 0 amide bonds. The van der Waals surface area contributed by atoms with E-state index in [0.717, 1.165) is 6.42 Å². The first-order valence-electron chi connectivity index (χ1n) is 4.73. The van der Waals surface area contributed by atoms with E-state index in [9.17, 15) is 9.35 Å². The molecule has 1 unspecified atom stereocenters. The Morgan fingerprint density at radius 2 is 2.07 bits per heavy atom. The molecule has 0 bridgehead atoms. The van der Waals surface area contributed by atoms with E-state index in [1.165, 1.54) is 0 Å². The van der Waals surface area contributed by atoms with Gasteiger partial charge in [0, 0.05) is 11.4 Å². The Morgan fingerprint density at radius 1 is 1.57 bits per heavy atom. The van der Waals surface area contributed by atoms with E-state index in [1.54, 1.807) is 4.31 Å². The summed E-state index contributed by atoms with van der Waals surface area (Å²) in [5, 5.41) is 8.86. The average molecular weight is 219 g/mol. The standard InChI is InChI=1S/C9H17NO3S/c1-5-6-7(8(11)12)10(6)14(13)9(2,3)4/h6-7H,5H2,1-4H3,(H,11,12)/t6-,7-,10?,14-/m0/s1. The number of carbonyl (C=O) groups is 1. The Morgan fingerprint density at radius 3 is 2.29 bits per heavy atom. The van der Waals surface area contributed by atoms with Crippen LogP contribution < -0.4 is 0 Å². The molecule has 82 valence electrons. The van der Waals surface area contributed by atoms with Crippen LogP contribution in [0, 0.1) is 0 Å². The summed E-state index contributed by atoms with van der Waals surface area (Å²) in [4.78, 5) is 10.8. The lowest BCUT2D eigenvalue weighted by Crippen LogP contribution is -2.35. The highest BCUT2D eigenvalue weighted by molar-refractivity contribution is 7.90. The molecule has 0 radical (unpaired) electrons. The maximum Gasteiger partial charge on any atom is 0.327 e. The van der Waals surface area contributed by atoms with E-state index in [2.05, 4.69) is 0 Å². The van der Waals surface area contributed by atoms with E-state index in [0.29, 0.717) is 0 Å². The van der Waals surface area contributed by atoms with Crippen molar-refractivity contribution in [3.05, 3.63) is 0 Å². The minimum absolute atomic E-state index is 0.0486. The van der Waals surface area contributed by atoms with Crippen molar-refractivity contribution in [2.24, 2.45) is 0 Å². The van der Waals surface area contributed by atoms with Gasteiger partial charge < -0.3 is 9.66 Å². The molecule has 0 spiro atoms. The first kappa shape index (κ1) is 11.8. The smallest absolute Gasteiger partial charge is 0.327 e. The molecule has 1 aliphatic heterocycles. The van der Waals surface area contributed by atoms with Crippen molar-refractivity contribution in [3.63, 3.8) is 0 Å². The topological polar surface area (TPSA) is 63.4 Å². The summed E-state index contributed by atoms with van der Waals surface area (Å²) in [6, 6.07) is -0.590. The molecule has 0 aromatic rings. The molecular formula is C9H17NO3S. The Hall–Kier alpha value is -0.260. The quantitative estimate of drug-likeness (QED) is 0.568. The van der Waals surface area contributed by atoms with Crippen LogP contribution in [0.4, 0.5) is 0 Å². The number of carboxylic acids is 1. The van der Waals surface area contributed by atoms with E-state index in [-0.39, 0.29) is 10.8 Å². The van der Waals surface area contributed by atoms with Gasteiger partial charge in [-0.25, -0.2) is 0 Å². The molecule has 1 heterocycles. The van der Waals surface area contributed by atoms with Crippen LogP contribution in [0.1, 0.15) is 34.1 Å². The molecule has 14 heavy (non-hydrogen) atoms. The molecular weight excluding hydrogens is 202 g/mol. The third-order valence-corrected chi connectivity index (χ3v) is 4.19. The van der Waals surface area contributed by atoms with Crippen LogP contribution in [0.3, 0.4) is 0 Å². The molecule has 0 aromatic carbocycles. The Bertz CT molecular complexity index is 239. The minimum Gasteiger partial charge on any atom is -0.597 e. The summed E-state index contributed by atoms with van der Waals surface area (Å²) < 4.78 is 13.1. The first-order valence-corrected chi connectivity index (χ1v) is 5.84. The van der Waals surface area contributed by atoms with Crippen molar-refractivity contribution in [2.75, 3.05) is 0 Å². The van der Waals surface area contributed by atoms with Crippen LogP contribution in [0.15, 0.2) is 0 Å². The number of carboxylic acid groups (broad SMARTS) is 1. The number of aliphatic carboxylic acids is 1. The third kappa shape index (κ3) is 2.04. The van der Waals surface area contributed by atoms with Crippen molar-refractivity contribution in [3.8, 4) is 0 Å². The van der Waals surface area contributed by atoms with Crippen molar-refractivity contribution in [1.29, 1.82) is 0 Å². The minimum atomic E-state index is -1.21. The molecule has 5 heteroatoms. The maximum absolute atomic E-state index is 11.9. The highest BCUT2D eigenvalue weighted by Gasteiger charge is 2.62. The molecule has 1 aliphatic rings. The SMILES string of the molecule is CC[C@H]1[C@@H](C(=O)O)N1[S@@+]([O-])C(C)(C)C. The lowest BCUT2D eigenvalue weighted by atomic mass is 10.3. The average Bonchev–Trinajstić information content (AvgIpc) is 2.74. The van der Waals surface area contributed by atoms with Gasteiger partial charge in [-0.1, -0.05) is 6.92 Å². The van der Waals surface area contributed by atoms with E-state index < -0.39 is 23.4 Å². The van der Waals surface area contributed by atoms with Gasteiger partial charge in [-0.3, -0.25) is 4.79 Å². The fourth-order valence-electron chi connectivity index (χ4n) is 1.48. The summed E-state index contributed by atoms with van der Waals surface area (Å²) in [6.45, 7) is 7.48. The van der Waals surface area contributed by atoms with E-state index in [1.807, 2.05) is 27.7 Å². The molecule has 1 fully saturated rings. The van der Waals surface area contributed by atoms with Crippen LogP contribution in [0.5, 0.6) is 0 Å². The summed E-state index contributed by atoms with van der Waals surface area (Å²) in [5.41, 5.74) is 0. The fraction of sp³-hybridized carbons (Fsp3) is 0.889. The van der Waals surface area contributed by atoms with Crippen molar-refractivity contribution < 1.29 is 14.5 Å². The lowest BCUT2D eigenvalue weighted by molar-refractivity contribution is -0.137. The zero-order valence-electron chi connectivity index (χ0n) is 8.98. The second-order valence-electron chi connectivity index (χ2n) is 4.48. The normalized spacial score (nSPS) is 33.9. The Balaban J connectivity index is 2.68. The highest BCUT2D eigenvalue weighted by Crippen LogP contribution is 2.39. The van der Waals surface area contributed by atoms with Crippen molar-refractivity contribution in [1.82, 2.24) is 4.31 Å². The van der Waals surface area contributed by atoms with Gasteiger partial charge in [0.1, 0.15) is 4.75 Å². The van der Waals surface area contributed by atoms with Gasteiger partial charge in [-0.2, -0.15) is 0 Å². The molecule has 0 aromatic heterocycles. The molecule has 0 saturated carbocycles. The van der Waals surface area contributed by atoms with Crippen LogP contribution in [0.25, 0.3) is 0 Å². The summed E-state index contributed by atoms with van der Waals surface area (Å²) in [6.07, 6.45) is 0.735. The third-order valence-electron chi connectivity index (χ3n) is 2.26. The first-order chi connectivity index (χ1) is 6.30. The van der Waals surface area contributed by atoms with Gasteiger partial charge in [0.15, 0.2) is 6.04 Å². The maximum atomic E-state index is 11.9. The second-order valence-corrected chi connectivity index (χ2v) is 6.62. The zero-order chi connectivity index (χ0) is 11.1. The molecule has 1 N–H and O–H groups in total. The molecule has 4 nitrogen and oxygen atoms in total. The molecule has 4 atom stereocenters.